The minimum atomic E-state index is -0.461. The van der Waals surface area contributed by atoms with Crippen LogP contribution in [0.15, 0.2) is 36.7 Å². The maximum absolute atomic E-state index is 12.6. The zero-order valence-electron chi connectivity index (χ0n) is 15.1. The van der Waals surface area contributed by atoms with Gasteiger partial charge in [0.05, 0.1) is 5.69 Å². The van der Waals surface area contributed by atoms with E-state index in [-0.39, 0.29) is 17.9 Å². The summed E-state index contributed by atoms with van der Waals surface area (Å²) in [6.07, 6.45) is 3.74. The van der Waals surface area contributed by atoms with E-state index < -0.39 is 6.04 Å². The molecule has 0 saturated carbocycles. The topological polar surface area (TPSA) is 67.2 Å². The van der Waals surface area contributed by atoms with Gasteiger partial charge in [-0.2, -0.15) is 0 Å². The number of nitrogens with one attached hydrogen (secondary N) is 1. The van der Waals surface area contributed by atoms with Gasteiger partial charge in [-0.25, -0.2) is 14.7 Å². The lowest BCUT2D eigenvalue weighted by atomic mass is 10.0. The number of aromatic nitrogens is 2. The highest BCUT2D eigenvalue weighted by Gasteiger charge is 2.40. The van der Waals surface area contributed by atoms with Crippen LogP contribution in [0.3, 0.4) is 0 Å². The molecule has 0 radical (unpaired) electrons. The predicted molar refractivity (Wildman–Crippen MR) is 96.5 cm³/mol. The zero-order valence-corrected chi connectivity index (χ0v) is 15.1. The van der Waals surface area contributed by atoms with E-state index in [4.69, 9.17) is 0 Å². The molecule has 0 spiro atoms. The van der Waals surface area contributed by atoms with E-state index >= 15 is 0 Å². The number of benzene rings is 1. The van der Waals surface area contributed by atoms with Crippen LogP contribution in [0.5, 0.6) is 0 Å². The van der Waals surface area contributed by atoms with Gasteiger partial charge < -0.3 is 9.88 Å². The Morgan fingerprint density at radius 1 is 1.20 bits per heavy atom. The number of carbonyl (C=O) groups is 2. The van der Waals surface area contributed by atoms with Crippen LogP contribution < -0.4 is 10.2 Å². The molecule has 2 heterocycles. The molecule has 2 aromatic rings. The summed E-state index contributed by atoms with van der Waals surface area (Å²) in [6.45, 7) is 8.71. The Bertz CT molecular complexity index is 794. The molecule has 1 aliphatic rings. The van der Waals surface area contributed by atoms with Crippen molar-refractivity contribution in [3.8, 4) is 0 Å². The van der Waals surface area contributed by atoms with Gasteiger partial charge in [0.25, 0.3) is 5.91 Å². The molecule has 0 bridgehead atoms. The van der Waals surface area contributed by atoms with Crippen LogP contribution in [-0.2, 0) is 11.3 Å². The quantitative estimate of drug-likeness (QED) is 0.850. The summed E-state index contributed by atoms with van der Waals surface area (Å²) < 4.78 is 2.09. The summed E-state index contributed by atoms with van der Waals surface area (Å²) in [5.74, 6) is 1.21. The Balaban J connectivity index is 1.86. The Kier molecular flexibility index (Phi) is 4.61. The Morgan fingerprint density at radius 3 is 2.60 bits per heavy atom. The average Bonchev–Trinajstić information content (AvgIpc) is 3.12. The van der Waals surface area contributed by atoms with E-state index in [2.05, 4.69) is 28.7 Å². The SMILES string of the molecule is CC(C)c1nccn1Cc1cccc(N2C(=O)N[C@@H](C(C)C)C2=O)c1. The number of nitrogens with zero attached hydrogens (tertiary/aromatic N) is 3. The zero-order chi connectivity index (χ0) is 18.1. The molecule has 0 unspecified atom stereocenters. The highest BCUT2D eigenvalue weighted by molar-refractivity contribution is 6.21. The fraction of sp³-hybridized carbons (Fsp3) is 0.421. The maximum Gasteiger partial charge on any atom is 0.329 e. The van der Waals surface area contributed by atoms with Crippen molar-refractivity contribution in [2.75, 3.05) is 4.90 Å². The smallest absolute Gasteiger partial charge is 0.329 e. The highest BCUT2D eigenvalue weighted by atomic mass is 16.2. The summed E-state index contributed by atoms with van der Waals surface area (Å²) >= 11 is 0. The molecule has 1 N–H and O–H groups in total. The number of imidazole rings is 1. The molecule has 1 aliphatic heterocycles. The second-order valence-electron chi connectivity index (χ2n) is 7.08. The Morgan fingerprint density at radius 2 is 1.96 bits per heavy atom. The second kappa shape index (κ2) is 6.70. The normalized spacial score (nSPS) is 17.7. The van der Waals surface area contributed by atoms with Gasteiger partial charge in [0.15, 0.2) is 0 Å². The number of imide groups is 1. The van der Waals surface area contributed by atoms with Crippen molar-refractivity contribution < 1.29 is 9.59 Å². The average molecular weight is 340 g/mol. The number of urea groups is 1. The first kappa shape index (κ1) is 17.2. The molecule has 1 aromatic carbocycles. The van der Waals surface area contributed by atoms with Gasteiger partial charge in [-0.05, 0) is 23.6 Å². The third-order valence-electron chi connectivity index (χ3n) is 4.42. The van der Waals surface area contributed by atoms with Crippen molar-refractivity contribution in [3.63, 3.8) is 0 Å². The molecule has 0 aliphatic carbocycles. The summed E-state index contributed by atoms with van der Waals surface area (Å²) in [5.41, 5.74) is 1.63. The van der Waals surface area contributed by atoms with Crippen LogP contribution in [-0.4, -0.2) is 27.5 Å². The van der Waals surface area contributed by atoms with E-state index in [1.165, 1.54) is 4.90 Å². The van der Waals surface area contributed by atoms with Gasteiger partial charge in [0, 0.05) is 24.9 Å². The molecular weight excluding hydrogens is 316 g/mol. The van der Waals surface area contributed by atoms with Gasteiger partial charge in [0.1, 0.15) is 11.9 Å². The van der Waals surface area contributed by atoms with Crippen LogP contribution in [0.25, 0.3) is 0 Å². The molecule has 1 saturated heterocycles. The first-order valence-electron chi connectivity index (χ1n) is 8.63. The summed E-state index contributed by atoms with van der Waals surface area (Å²) in [7, 11) is 0. The van der Waals surface area contributed by atoms with E-state index in [0.29, 0.717) is 18.2 Å². The number of amides is 3. The van der Waals surface area contributed by atoms with Crippen LogP contribution in [0.2, 0.25) is 0 Å². The van der Waals surface area contributed by atoms with E-state index in [0.717, 1.165) is 11.4 Å². The lowest BCUT2D eigenvalue weighted by Gasteiger charge is -2.16. The summed E-state index contributed by atoms with van der Waals surface area (Å²) in [5, 5.41) is 2.76. The predicted octanol–water partition coefficient (Wildman–Crippen LogP) is 3.14. The van der Waals surface area contributed by atoms with Gasteiger partial charge in [-0.1, -0.05) is 39.8 Å². The van der Waals surface area contributed by atoms with Crippen molar-refractivity contribution in [1.82, 2.24) is 14.9 Å². The first-order chi connectivity index (χ1) is 11.9. The van der Waals surface area contributed by atoms with Crippen molar-refractivity contribution in [2.24, 2.45) is 5.92 Å². The van der Waals surface area contributed by atoms with Gasteiger partial charge >= 0.3 is 6.03 Å². The summed E-state index contributed by atoms with van der Waals surface area (Å²) in [6, 6.07) is 6.74. The minimum absolute atomic E-state index is 0.0594. The molecule has 6 heteroatoms. The monoisotopic (exact) mass is 340 g/mol. The number of hydrogen-bond acceptors (Lipinski definition) is 3. The van der Waals surface area contributed by atoms with E-state index in [1.807, 2.05) is 38.2 Å². The third kappa shape index (κ3) is 3.29. The van der Waals surface area contributed by atoms with Crippen molar-refractivity contribution in [3.05, 3.63) is 48.0 Å². The second-order valence-corrected chi connectivity index (χ2v) is 7.08. The standard InChI is InChI=1S/C19H24N4O2/c1-12(2)16-18(24)23(19(25)21-16)15-7-5-6-14(10-15)11-22-9-8-20-17(22)13(3)4/h5-10,12-13,16H,11H2,1-4H3,(H,21,25)/t16-/m0/s1. The van der Waals surface area contributed by atoms with Crippen molar-refractivity contribution in [2.45, 2.75) is 46.2 Å². The third-order valence-corrected chi connectivity index (χ3v) is 4.42. The van der Waals surface area contributed by atoms with Crippen LogP contribution in [0, 0.1) is 5.92 Å². The van der Waals surface area contributed by atoms with Gasteiger partial charge in [-0.15, -0.1) is 0 Å². The maximum atomic E-state index is 12.6. The molecule has 3 rings (SSSR count). The van der Waals surface area contributed by atoms with Crippen LogP contribution in [0.4, 0.5) is 10.5 Å². The minimum Gasteiger partial charge on any atom is -0.330 e. The summed E-state index contributed by atoms with van der Waals surface area (Å²) in [4.78, 5) is 30.4. The lowest BCUT2D eigenvalue weighted by molar-refractivity contribution is -0.119. The fourth-order valence-electron chi connectivity index (χ4n) is 3.14. The van der Waals surface area contributed by atoms with Crippen LogP contribution in [0.1, 0.15) is 45.0 Å². The molecule has 1 aromatic heterocycles. The first-order valence-corrected chi connectivity index (χ1v) is 8.63. The van der Waals surface area contributed by atoms with E-state index in [9.17, 15) is 9.59 Å². The lowest BCUT2D eigenvalue weighted by Crippen LogP contribution is -2.34. The number of anilines is 1. The van der Waals surface area contributed by atoms with Crippen molar-refractivity contribution in [1.29, 1.82) is 0 Å². The van der Waals surface area contributed by atoms with Gasteiger partial charge in [-0.3, -0.25) is 4.79 Å². The van der Waals surface area contributed by atoms with Crippen molar-refractivity contribution >= 4 is 17.6 Å². The number of hydrogen-bond donors (Lipinski definition) is 1. The molecule has 6 nitrogen and oxygen atoms in total. The molecule has 3 amide bonds. The molecule has 1 atom stereocenters. The molecule has 1 fully saturated rings. The Labute approximate surface area is 147 Å². The highest BCUT2D eigenvalue weighted by Crippen LogP contribution is 2.24. The Hall–Kier alpha value is -2.63. The van der Waals surface area contributed by atoms with Crippen LogP contribution >= 0.6 is 0 Å². The molecule has 25 heavy (non-hydrogen) atoms. The van der Waals surface area contributed by atoms with E-state index in [1.54, 1.807) is 12.3 Å². The molecule has 132 valence electrons. The van der Waals surface area contributed by atoms with Gasteiger partial charge in [0.2, 0.25) is 0 Å². The number of rotatable bonds is 5. The number of carbonyl (C=O) groups excluding carboxylic acids is 2. The fourth-order valence-corrected chi connectivity index (χ4v) is 3.14. The molecular formula is C19H24N4O2. The largest absolute Gasteiger partial charge is 0.330 e.